The van der Waals surface area contributed by atoms with E-state index in [1.54, 1.807) is 22.6 Å². The van der Waals surface area contributed by atoms with Gasteiger partial charge in [-0.1, -0.05) is 12.1 Å². The highest BCUT2D eigenvalue weighted by atomic mass is 32.1. The van der Waals surface area contributed by atoms with E-state index in [4.69, 9.17) is 5.26 Å². The van der Waals surface area contributed by atoms with E-state index < -0.39 is 0 Å². The number of anilines is 2. The van der Waals surface area contributed by atoms with Crippen molar-refractivity contribution in [3.05, 3.63) is 47.1 Å². The monoisotopic (exact) mass is 434 g/mol. The summed E-state index contributed by atoms with van der Waals surface area (Å²) in [6.45, 7) is 8.06. The second-order valence-corrected chi connectivity index (χ2v) is 8.67. The SMILES string of the molecule is Cc1cccc(N(CCC#N)C(=O)CN2CCN(c3ncnc4sccc34)CC2)c1C. The van der Waals surface area contributed by atoms with Crippen LogP contribution >= 0.6 is 11.3 Å². The fraction of sp³-hybridized carbons (Fsp3) is 0.391. The van der Waals surface area contributed by atoms with Crippen molar-refractivity contribution in [2.45, 2.75) is 20.3 Å². The van der Waals surface area contributed by atoms with E-state index in [1.165, 1.54) is 0 Å². The molecule has 3 heterocycles. The second kappa shape index (κ2) is 9.41. The molecule has 1 aliphatic heterocycles. The fourth-order valence-corrected chi connectivity index (χ4v) is 4.72. The number of hydrogen-bond acceptors (Lipinski definition) is 7. The summed E-state index contributed by atoms with van der Waals surface area (Å²) in [5, 5.41) is 12.2. The molecular formula is C23H26N6OS. The molecule has 7 nitrogen and oxygen atoms in total. The minimum Gasteiger partial charge on any atom is -0.353 e. The summed E-state index contributed by atoms with van der Waals surface area (Å²) < 4.78 is 0. The van der Waals surface area contributed by atoms with Crippen molar-refractivity contribution in [3.63, 3.8) is 0 Å². The number of aryl methyl sites for hydroxylation is 1. The third-order valence-corrected chi connectivity index (χ3v) is 6.71. The maximum atomic E-state index is 13.2. The molecule has 0 unspecified atom stereocenters. The number of carbonyl (C=O) groups excluding carboxylic acids is 1. The predicted molar refractivity (Wildman–Crippen MR) is 125 cm³/mol. The van der Waals surface area contributed by atoms with Crippen molar-refractivity contribution >= 4 is 39.0 Å². The van der Waals surface area contributed by atoms with Gasteiger partial charge in [-0.25, -0.2) is 9.97 Å². The van der Waals surface area contributed by atoms with Crippen LogP contribution in [0.15, 0.2) is 36.0 Å². The number of benzene rings is 1. The van der Waals surface area contributed by atoms with Crippen molar-refractivity contribution < 1.29 is 4.79 Å². The third kappa shape index (κ3) is 4.53. The maximum Gasteiger partial charge on any atom is 0.241 e. The normalized spacial score (nSPS) is 14.5. The molecule has 0 N–H and O–H groups in total. The predicted octanol–water partition coefficient (Wildman–Crippen LogP) is 3.38. The Morgan fingerprint density at radius 3 is 2.77 bits per heavy atom. The van der Waals surface area contributed by atoms with Crippen LogP contribution in [-0.2, 0) is 4.79 Å². The van der Waals surface area contributed by atoms with Gasteiger partial charge in [-0.15, -0.1) is 11.3 Å². The zero-order valence-electron chi connectivity index (χ0n) is 17.9. The summed E-state index contributed by atoms with van der Waals surface area (Å²) in [6, 6.07) is 10.2. The number of aromatic nitrogens is 2. The number of nitriles is 1. The van der Waals surface area contributed by atoms with E-state index in [-0.39, 0.29) is 5.91 Å². The first-order chi connectivity index (χ1) is 15.1. The van der Waals surface area contributed by atoms with Crippen molar-refractivity contribution in [2.24, 2.45) is 0 Å². The minimum absolute atomic E-state index is 0.0414. The quantitative estimate of drug-likeness (QED) is 0.592. The summed E-state index contributed by atoms with van der Waals surface area (Å²) in [5.74, 6) is 1.02. The van der Waals surface area contributed by atoms with E-state index in [2.05, 4.69) is 31.9 Å². The molecule has 160 valence electrons. The Hall–Kier alpha value is -3.02. The van der Waals surface area contributed by atoms with Crippen LogP contribution in [0.1, 0.15) is 17.5 Å². The lowest BCUT2D eigenvalue weighted by Crippen LogP contribution is -2.50. The van der Waals surface area contributed by atoms with Crippen molar-refractivity contribution in [1.29, 1.82) is 5.26 Å². The summed E-state index contributed by atoms with van der Waals surface area (Å²) in [7, 11) is 0. The average molecular weight is 435 g/mol. The molecule has 1 amide bonds. The molecule has 4 rings (SSSR count). The van der Waals surface area contributed by atoms with Gasteiger partial charge in [0.25, 0.3) is 0 Å². The van der Waals surface area contributed by atoms with E-state index >= 15 is 0 Å². The van der Waals surface area contributed by atoms with Crippen LogP contribution in [0.3, 0.4) is 0 Å². The fourth-order valence-electron chi connectivity index (χ4n) is 3.99. The second-order valence-electron chi connectivity index (χ2n) is 7.77. The van der Waals surface area contributed by atoms with E-state index in [0.717, 1.165) is 59.0 Å². The van der Waals surface area contributed by atoms with Crippen molar-refractivity contribution in [1.82, 2.24) is 14.9 Å². The highest BCUT2D eigenvalue weighted by Crippen LogP contribution is 2.27. The molecule has 0 spiro atoms. The molecule has 0 bridgehead atoms. The molecule has 1 aromatic carbocycles. The summed E-state index contributed by atoms with van der Waals surface area (Å²) >= 11 is 1.62. The molecule has 31 heavy (non-hydrogen) atoms. The maximum absolute atomic E-state index is 13.2. The molecule has 0 radical (unpaired) electrons. The van der Waals surface area contributed by atoms with E-state index in [0.29, 0.717) is 19.5 Å². The zero-order chi connectivity index (χ0) is 21.8. The highest BCUT2D eigenvalue weighted by Gasteiger charge is 2.25. The topological polar surface area (TPSA) is 76.4 Å². The van der Waals surface area contributed by atoms with E-state index in [9.17, 15) is 4.79 Å². The molecule has 0 atom stereocenters. The first-order valence-electron chi connectivity index (χ1n) is 10.5. The standard InChI is InChI=1S/C23H26N6OS/c1-17-5-3-6-20(18(17)2)29(9-4-8-24)21(30)15-27-10-12-28(13-11-27)22-19-7-14-31-23(19)26-16-25-22/h3,5-7,14,16H,4,9-13,15H2,1-2H3. The van der Waals surface area contributed by atoms with Gasteiger partial charge in [0.1, 0.15) is 17.0 Å². The Morgan fingerprint density at radius 2 is 2.00 bits per heavy atom. The number of amides is 1. The summed E-state index contributed by atoms with van der Waals surface area (Å²) in [6.07, 6.45) is 1.94. The molecule has 1 aliphatic rings. The number of piperazine rings is 1. The first-order valence-corrected chi connectivity index (χ1v) is 11.4. The molecular weight excluding hydrogens is 408 g/mol. The van der Waals surface area contributed by atoms with Crippen LogP contribution in [0.2, 0.25) is 0 Å². The van der Waals surface area contributed by atoms with Gasteiger partial charge in [-0.2, -0.15) is 5.26 Å². The lowest BCUT2D eigenvalue weighted by atomic mass is 10.1. The summed E-state index contributed by atoms with van der Waals surface area (Å²) in [5.41, 5.74) is 3.13. The van der Waals surface area contributed by atoms with E-state index in [1.807, 2.05) is 37.4 Å². The lowest BCUT2D eigenvalue weighted by molar-refractivity contribution is -0.119. The number of fused-ring (bicyclic) bond motifs is 1. The van der Waals surface area contributed by atoms with Crippen molar-refractivity contribution in [3.8, 4) is 6.07 Å². The van der Waals surface area contributed by atoms with Crippen LogP contribution in [-0.4, -0.2) is 60.0 Å². The van der Waals surface area contributed by atoms with Crippen molar-refractivity contribution in [2.75, 3.05) is 49.1 Å². The number of thiophene rings is 1. The molecule has 3 aromatic rings. The molecule has 1 fully saturated rings. The van der Waals surface area contributed by atoms with Crippen LogP contribution in [0.5, 0.6) is 0 Å². The van der Waals surface area contributed by atoms with Gasteiger partial charge in [0.05, 0.1) is 24.4 Å². The highest BCUT2D eigenvalue weighted by molar-refractivity contribution is 7.16. The van der Waals surface area contributed by atoms with Crippen LogP contribution in [0.25, 0.3) is 10.2 Å². The number of rotatable bonds is 6. The number of hydrogen-bond donors (Lipinski definition) is 0. The molecule has 0 saturated carbocycles. The van der Waals surface area contributed by atoms with Gasteiger partial charge in [0.2, 0.25) is 5.91 Å². The first kappa shape index (κ1) is 21.2. The van der Waals surface area contributed by atoms with Gasteiger partial charge in [0.15, 0.2) is 0 Å². The third-order valence-electron chi connectivity index (χ3n) is 5.89. The van der Waals surface area contributed by atoms with Crippen LogP contribution < -0.4 is 9.80 Å². The Balaban J connectivity index is 1.43. The van der Waals surface area contributed by atoms with Gasteiger partial charge in [0, 0.05) is 38.4 Å². The van der Waals surface area contributed by atoms with Gasteiger partial charge < -0.3 is 9.80 Å². The zero-order valence-corrected chi connectivity index (χ0v) is 18.7. The largest absolute Gasteiger partial charge is 0.353 e. The van der Waals surface area contributed by atoms with Crippen LogP contribution in [0, 0.1) is 25.2 Å². The Bertz CT molecular complexity index is 1110. The Morgan fingerprint density at radius 1 is 1.19 bits per heavy atom. The minimum atomic E-state index is 0.0414. The smallest absolute Gasteiger partial charge is 0.241 e. The molecule has 0 aliphatic carbocycles. The molecule has 2 aromatic heterocycles. The molecule has 8 heteroatoms. The summed E-state index contributed by atoms with van der Waals surface area (Å²) in [4.78, 5) is 29.3. The molecule has 1 saturated heterocycles. The van der Waals surface area contributed by atoms with Crippen LogP contribution in [0.4, 0.5) is 11.5 Å². The Labute approximate surface area is 186 Å². The van der Waals surface area contributed by atoms with Gasteiger partial charge in [-0.05, 0) is 42.5 Å². The van der Waals surface area contributed by atoms with Gasteiger partial charge in [-0.3, -0.25) is 9.69 Å². The Kier molecular flexibility index (Phi) is 6.44. The average Bonchev–Trinajstić information content (AvgIpc) is 3.26. The number of carbonyl (C=O) groups is 1. The van der Waals surface area contributed by atoms with Gasteiger partial charge >= 0.3 is 0 Å². The lowest BCUT2D eigenvalue weighted by Gasteiger charge is -2.36. The number of nitrogens with zero attached hydrogens (tertiary/aromatic N) is 6.